The van der Waals surface area contributed by atoms with E-state index in [2.05, 4.69) is 6.92 Å². The fraction of sp³-hybridized carbons (Fsp3) is 0.625. The molecule has 0 spiro atoms. The Morgan fingerprint density at radius 3 is 2.32 bits per heavy atom. The van der Waals surface area contributed by atoms with Gasteiger partial charge in [0, 0.05) is 11.1 Å². The van der Waals surface area contributed by atoms with Gasteiger partial charge >= 0.3 is 0 Å². The molecule has 2 N–H and O–H groups in total. The van der Waals surface area contributed by atoms with Crippen molar-refractivity contribution in [3.05, 3.63) is 23.2 Å². The molecule has 1 aromatic carbocycles. The smallest absolute Gasteiger partial charge is 0.143 e. The molecule has 19 heavy (non-hydrogen) atoms. The maximum Gasteiger partial charge on any atom is 0.143 e. The van der Waals surface area contributed by atoms with Crippen LogP contribution in [0.5, 0.6) is 5.75 Å². The Bertz CT molecular complexity index is 355. The average Bonchev–Trinajstić information content (AvgIpc) is 2.40. The molecule has 3 heteroatoms. The second-order valence-electron chi connectivity index (χ2n) is 5.01. The van der Waals surface area contributed by atoms with E-state index in [-0.39, 0.29) is 0 Å². The van der Waals surface area contributed by atoms with Crippen LogP contribution in [0, 0.1) is 0 Å². The normalized spacial score (nSPS) is 10.6. The molecule has 2 nitrogen and oxygen atoms in total. The number of hydrogen-bond donors (Lipinski definition) is 1. The van der Waals surface area contributed by atoms with Crippen LogP contribution in [0.25, 0.3) is 0 Å². The number of anilines is 1. The zero-order valence-electron chi connectivity index (χ0n) is 12.0. The highest BCUT2D eigenvalue weighted by molar-refractivity contribution is 6.30. The molecule has 0 fully saturated rings. The molecule has 0 bridgehead atoms. The van der Waals surface area contributed by atoms with Crippen molar-refractivity contribution in [1.29, 1.82) is 0 Å². The van der Waals surface area contributed by atoms with Gasteiger partial charge in [-0.1, -0.05) is 63.5 Å². The zero-order chi connectivity index (χ0) is 13.9. The van der Waals surface area contributed by atoms with Gasteiger partial charge < -0.3 is 10.5 Å². The maximum atomic E-state index is 5.90. The van der Waals surface area contributed by atoms with Gasteiger partial charge in [-0.25, -0.2) is 0 Å². The third-order valence-electron chi connectivity index (χ3n) is 3.23. The quantitative estimate of drug-likeness (QED) is 0.458. The van der Waals surface area contributed by atoms with Crippen molar-refractivity contribution >= 4 is 17.3 Å². The molecular formula is C16H26ClNO. The molecule has 0 amide bonds. The fourth-order valence-corrected chi connectivity index (χ4v) is 2.21. The highest BCUT2D eigenvalue weighted by Gasteiger charge is 2.01. The lowest BCUT2D eigenvalue weighted by molar-refractivity contribution is 0.306. The summed E-state index contributed by atoms with van der Waals surface area (Å²) in [7, 11) is 0. The summed E-state index contributed by atoms with van der Waals surface area (Å²) in [5, 5.41) is 0.667. The Hall–Kier alpha value is -0.890. The summed E-state index contributed by atoms with van der Waals surface area (Å²) in [6.45, 7) is 2.97. The van der Waals surface area contributed by atoms with Gasteiger partial charge in [0.1, 0.15) is 5.75 Å². The number of halogens is 1. The molecule has 0 aromatic heterocycles. The van der Waals surface area contributed by atoms with E-state index in [1.807, 2.05) is 0 Å². The molecule has 1 aromatic rings. The van der Waals surface area contributed by atoms with Crippen LogP contribution in [-0.2, 0) is 0 Å². The van der Waals surface area contributed by atoms with Crippen molar-refractivity contribution in [2.45, 2.75) is 58.3 Å². The minimum Gasteiger partial charge on any atom is -0.491 e. The van der Waals surface area contributed by atoms with Gasteiger partial charge in [-0.05, 0) is 18.6 Å². The van der Waals surface area contributed by atoms with Crippen molar-refractivity contribution in [1.82, 2.24) is 0 Å². The molecule has 108 valence electrons. The molecule has 0 saturated heterocycles. The number of ether oxygens (including phenoxy) is 1. The summed E-state index contributed by atoms with van der Waals surface area (Å²) < 4.78 is 5.65. The third kappa shape index (κ3) is 7.31. The van der Waals surface area contributed by atoms with E-state index < -0.39 is 0 Å². The summed E-state index contributed by atoms with van der Waals surface area (Å²) in [6.07, 6.45) is 10.4. The largest absolute Gasteiger partial charge is 0.491 e. The predicted molar refractivity (Wildman–Crippen MR) is 84.0 cm³/mol. The second kappa shape index (κ2) is 9.96. The predicted octanol–water partition coefficient (Wildman–Crippen LogP) is 5.44. The standard InChI is InChI=1S/C16H26ClNO/c1-2-3-4-5-6-7-8-9-12-19-16-13-14(17)10-11-15(16)18/h10-11,13H,2-9,12,18H2,1H3. The Morgan fingerprint density at radius 1 is 1.00 bits per heavy atom. The fourth-order valence-electron chi connectivity index (χ4n) is 2.05. The van der Waals surface area contributed by atoms with Gasteiger partial charge in [0.2, 0.25) is 0 Å². The van der Waals surface area contributed by atoms with Crippen molar-refractivity contribution in [3.8, 4) is 5.75 Å². The first kappa shape index (κ1) is 16.2. The van der Waals surface area contributed by atoms with E-state index in [1.54, 1.807) is 18.2 Å². The molecule has 0 aliphatic rings. The van der Waals surface area contributed by atoms with E-state index in [0.717, 1.165) is 13.0 Å². The Morgan fingerprint density at radius 2 is 1.63 bits per heavy atom. The molecule has 0 unspecified atom stereocenters. The monoisotopic (exact) mass is 283 g/mol. The summed E-state index contributed by atoms with van der Waals surface area (Å²) in [5.74, 6) is 0.704. The molecular weight excluding hydrogens is 258 g/mol. The highest BCUT2D eigenvalue weighted by atomic mass is 35.5. The minimum atomic E-state index is 0.656. The first-order valence-corrected chi connectivity index (χ1v) is 7.79. The van der Waals surface area contributed by atoms with Gasteiger partial charge in [-0.2, -0.15) is 0 Å². The van der Waals surface area contributed by atoms with Crippen LogP contribution in [0.4, 0.5) is 5.69 Å². The lowest BCUT2D eigenvalue weighted by atomic mass is 10.1. The maximum absolute atomic E-state index is 5.90. The minimum absolute atomic E-state index is 0.656. The number of nitrogen functional groups attached to an aromatic ring is 1. The number of benzene rings is 1. The molecule has 0 radical (unpaired) electrons. The topological polar surface area (TPSA) is 35.2 Å². The second-order valence-corrected chi connectivity index (χ2v) is 5.44. The van der Waals surface area contributed by atoms with Crippen LogP contribution in [0.2, 0.25) is 5.02 Å². The van der Waals surface area contributed by atoms with Crippen molar-refractivity contribution in [2.75, 3.05) is 12.3 Å². The molecule has 0 atom stereocenters. The van der Waals surface area contributed by atoms with Crippen LogP contribution in [0.3, 0.4) is 0 Å². The van der Waals surface area contributed by atoms with E-state index in [1.165, 1.54) is 44.9 Å². The van der Waals surface area contributed by atoms with Gasteiger partial charge in [-0.3, -0.25) is 0 Å². The number of hydrogen-bond acceptors (Lipinski definition) is 2. The first-order valence-electron chi connectivity index (χ1n) is 7.42. The molecule has 0 saturated carbocycles. The Labute approximate surface area is 122 Å². The van der Waals surface area contributed by atoms with Crippen LogP contribution in [0.1, 0.15) is 58.3 Å². The SMILES string of the molecule is CCCCCCCCCCOc1cc(Cl)ccc1N. The van der Waals surface area contributed by atoms with Crippen molar-refractivity contribution in [3.63, 3.8) is 0 Å². The van der Waals surface area contributed by atoms with E-state index in [4.69, 9.17) is 22.1 Å². The molecule has 0 heterocycles. The van der Waals surface area contributed by atoms with Crippen LogP contribution < -0.4 is 10.5 Å². The summed E-state index contributed by atoms with van der Waals surface area (Å²) in [4.78, 5) is 0. The number of unbranched alkanes of at least 4 members (excludes halogenated alkanes) is 7. The lowest BCUT2D eigenvalue weighted by Gasteiger charge is -2.09. The Balaban J connectivity index is 2.03. The van der Waals surface area contributed by atoms with Gasteiger partial charge in [-0.15, -0.1) is 0 Å². The van der Waals surface area contributed by atoms with Crippen molar-refractivity contribution < 1.29 is 4.74 Å². The van der Waals surface area contributed by atoms with E-state index in [9.17, 15) is 0 Å². The van der Waals surface area contributed by atoms with Gasteiger partial charge in [0.05, 0.1) is 12.3 Å². The van der Waals surface area contributed by atoms with E-state index in [0.29, 0.717) is 16.5 Å². The molecule has 0 aliphatic carbocycles. The van der Waals surface area contributed by atoms with Crippen LogP contribution >= 0.6 is 11.6 Å². The summed E-state index contributed by atoms with van der Waals surface area (Å²) in [6, 6.07) is 5.34. The first-order chi connectivity index (χ1) is 9.24. The zero-order valence-corrected chi connectivity index (χ0v) is 12.7. The van der Waals surface area contributed by atoms with Crippen molar-refractivity contribution in [2.24, 2.45) is 0 Å². The average molecular weight is 284 g/mol. The number of nitrogens with two attached hydrogens (primary N) is 1. The lowest BCUT2D eigenvalue weighted by Crippen LogP contribution is -2.00. The van der Waals surface area contributed by atoms with Gasteiger partial charge in [0.15, 0.2) is 0 Å². The molecule has 1 rings (SSSR count). The Kier molecular flexibility index (Phi) is 8.48. The molecule has 0 aliphatic heterocycles. The van der Waals surface area contributed by atoms with Crippen LogP contribution in [0.15, 0.2) is 18.2 Å². The summed E-state index contributed by atoms with van der Waals surface area (Å²) in [5.41, 5.74) is 6.47. The summed E-state index contributed by atoms with van der Waals surface area (Å²) >= 11 is 5.90. The highest BCUT2D eigenvalue weighted by Crippen LogP contribution is 2.25. The van der Waals surface area contributed by atoms with Gasteiger partial charge in [0.25, 0.3) is 0 Å². The third-order valence-corrected chi connectivity index (χ3v) is 3.47. The number of rotatable bonds is 10. The van der Waals surface area contributed by atoms with Crippen LogP contribution in [-0.4, -0.2) is 6.61 Å². The van der Waals surface area contributed by atoms with E-state index >= 15 is 0 Å².